The van der Waals surface area contributed by atoms with Crippen molar-refractivity contribution >= 4 is 17.4 Å². The van der Waals surface area contributed by atoms with Crippen molar-refractivity contribution < 1.29 is 0 Å². The molecule has 0 amide bonds. The minimum Gasteiger partial charge on any atom is -0.370 e. The summed E-state index contributed by atoms with van der Waals surface area (Å²) in [7, 11) is 0. The Hall–Kier alpha value is -0.760. The number of nitrogens with one attached hydrogen (secondary N) is 1. The Morgan fingerprint density at radius 3 is 3.12 bits per heavy atom. The Morgan fingerprint density at radius 1 is 1.44 bits per heavy atom. The average Bonchev–Trinajstić information content (AvgIpc) is 2.74. The molecular weight excluding hydrogens is 220 g/mol. The molecule has 0 bridgehead atoms. The number of halogens is 1. The van der Waals surface area contributed by atoms with E-state index in [1.807, 2.05) is 0 Å². The third-order valence-electron chi connectivity index (χ3n) is 3.16. The maximum atomic E-state index is 5.71. The molecule has 1 unspecified atom stereocenters. The quantitative estimate of drug-likeness (QED) is 0.797. The highest BCUT2D eigenvalue weighted by molar-refractivity contribution is 6.17. The van der Waals surface area contributed by atoms with Crippen molar-refractivity contribution in [2.24, 2.45) is 5.92 Å². The van der Waals surface area contributed by atoms with Gasteiger partial charge in [-0.2, -0.15) is 0 Å². The summed E-state index contributed by atoms with van der Waals surface area (Å²) in [6.45, 7) is 3.17. The second-order valence-corrected chi connectivity index (χ2v) is 5.00. The van der Waals surface area contributed by atoms with Crippen LogP contribution in [0.1, 0.15) is 31.0 Å². The van der Waals surface area contributed by atoms with Gasteiger partial charge < -0.3 is 5.32 Å². The number of aromatic nitrogens is 1. The summed E-state index contributed by atoms with van der Waals surface area (Å²) < 4.78 is 0. The Labute approximate surface area is 102 Å². The summed E-state index contributed by atoms with van der Waals surface area (Å²) in [5.74, 6) is 2.36. The van der Waals surface area contributed by atoms with Gasteiger partial charge in [0.05, 0.1) is 0 Å². The van der Waals surface area contributed by atoms with E-state index in [-0.39, 0.29) is 0 Å². The molecule has 1 aromatic rings. The minimum absolute atomic E-state index is 0.604. The lowest BCUT2D eigenvalue weighted by molar-refractivity contribution is 0.596. The van der Waals surface area contributed by atoms with Crippen LogP contribution in [-0.4, -0.2) is 17.4 Å². The van der Waals surface area contributed by atoms with Crippen LogP contribution in [-0.2, 0) is 12.8 Å². The molecule has 2 nitrogen and oxygen atoms in total. The Morgan fingerprint density at radius 2 is 2.31 bits per heavy atom. The zero-order valence-electron chi connectivity index (χ0n) is 9.80. The predicted octanol–water partition coefficient (Wildman–Crippen LogP) is 3.25. The van der Waals surface area contributed by atoms with Gasteiger partial charge >= 0.3 is 0 Å². The highest BCUT2D eigenvalue weighted by atomic mass is 35.5. The van der Waals surface area contributed by atoms with E-state index >= 15 is 0 Å². The van der Waals surface area contributed by atoms with Crippen LogP contribution in [0.3, 0.4) is 0 Å². The molecule has 0 saturated heterocycles. The fraction of sp³-hybridized carbons (Fsp3) is 0.615. The molecule has 1 atom stereocenters. The number of rotatable bonds is 5. The zero-order chi connectivity index (χ0) is 11.4. The summed E-state index contributed by atoms with van der Waals surface area (Å²) >= 11 is 5.71. The van der Waals surface area contributed by atoms with Gasteiger partial charge in [-0.1, -0.05) is 13.0 Å². The SMILES string of the molecule is CC(CCCl)CNc1ccc2c(n1)CCC2. The number of anilines is 1. The third-order valence-corrected chi connectivity index (χ3v) is 3.38. The van der Waals surface area contributed by atoms with Gasteiger partial charge in [0.2, 0.25) is 0 Å². The van der Waals surface area contributed by atoms with E-state index in [0.29, 0.717) is 5.92 Å². The van der Waals surface area contributed by atoms with Crippen LogP contribution in [0.4, 0.5) is 5.82 Å². The van der Waals surface area contributed by atoms with E-state index in [2.05, 4.69) is 29.4 Å². The molecule has 0 fully saturated rings. The molecule has 0 saturated carbocycles. The number of fused-ring (bicyclic) bond motifs is 1. The monoisotopic (exact) mass is 238 g/mol. The molecule has 88 valence electrons. The van der Waals surface area contributed by atoms with Crippen molar-refractivity contribution in [2.75, 3.05) is 17.7 Å². The maximum absolute atomic E-state index is 5.71. The number of hydrogen-bond donors (Lipinski definition) is 1. The lowest BCUT2D eigenvalue weighted by Gasteiger charge is -2.12. The van der Waals surface area contributed by atoms with E-state index in [1.165, 1.54) is 24.1 Å². The summed E-state index contributed by atoms with van der Waals surface area (Å²) in [5, 5.41) is 3.39. The highest BCUT2D eigenvalue weighted by Gasteiger charge is 2.12. The van der Waals surface area contributed by atoms with Gasteiger partial charge in [-0.25, -0.2) is 4.98 Å². The van der Waals surface area contributed by atoms with Gasteiger partial charge in [0, 0.05) is 18.1 Å². The molecule has 1 aromatic heterocycles. The molecule has 3 heteroatoms. The predicted molar refractivity (Wildman–Crippen MR) is 69.3 cm³/mol. The molecule has 1 aliphatic carbocycles. The smallest absolute Gasteiger partial charge is 0.126 e. The molecule has 2 rings (SSSR count). The van der Waals surface area contributed by atoms with Gasteiger partial charge in [0.25, 0.3) is 0 Å². The Bertz CT molecular complexity index is 352. The van der Waals surface area contributed by atoms with Gasteiger partial charge in [-0.15, -0.1) is 11.6 Å². The molecule has 0 radical (unpaired) electrons. The largest absolute Gasteiger partial charge is 0.370 e. The maximum Gasteiger partial charge on any atom is 0.126 e. The molecule has 1 aliphatic rings. The van der Waals surface area contributed by atoms with Crippen LogP contribution in [0, 0.1) is 5.92 Å². The van der Waals surface area contributed by atoms with E-state index in [0.717, 1.165) is 31.1 Å². The average molecular weight is 239 g/mol. The van der Waals surface area contributed by atoms with Gasteiger partial charge in [-0.3, -0.25) is 0 Å². The number of aryl methyl sites for hydroxylation is 2. The third kappa shape index (κ3) is 2.88. The van der Waals surface area contributed by atoms with Crippen molar-refractivity contribution in [1.29, 1.82) is 0 Å². The number of pyridine rings is 1. The number of hydrogen-bond acceptors (Lipinski definition) is 2. The lowest BCUT2D eigenvalue weighted by Crippen LogP contribution is -2.13. The number of alkyl halides is 1. The standard InChI is InChI=1S/C13H19ClN2/c1-10(7-8-14)9-15-13-6-5-11-3-2-4-12(11)16-13/h5-6,10H,2-4,7-9H2,1H3,(H,15,16). The van der Waals surface area contributed by atoms with Gasteiger partial charge in [-0.05, 0) is 43.2 Å². The van der Waals surface area contributed by atoms with Crippen LogP contribution in [0.2, 0.25) is 0 Å². The molecular formula is C13H19ClN2. The van der Waals surface area contributed by atoms with Crippen molar-refractivity contribution in [3.63, 3.8) is 0 Å². The first-order valence-electron chi connectivity index (χ1n) is 6.08. The summed E-state index contributed by atoms with van der Waals surface area (Å²) in [5.41, 5.74) is 2.72. The van der Waals surface area contributed by atoms with Crippen LogP contribution in [0.5, 0.6) is 0 Å². The second-order valence-electron chi connectivity index (χ2n) is 4.62. The van der Waals surface area contributed by atoms with E-state index in [1.54, 1.807) is 0 Å². The van der Waals surface area contributed by atoms with Crippen LogP contribution >= 0.6 is 11.6 Å². The number of nitrogens with zero attached hydrogens (tertiary/aromatic N) is 1. The Balaban J connectivity index is 1.90. The minimum atomic E-state index is 0.604. The molecule has 1 heterocycles. The Kier molecular flexibility index (Phi) is 4.05. The van der Waals surface area contributed by atoms with E-state index < -0.39 is 0 Å². The van der Waals surface area contributed by atoms with Crippen molar-refractivity contribution in [2.45, 2.75) is 32.6 Å². The first-order valence-corrected chi connectivity index (χ1v) is 6.61. The fourth-order valence-corrected chi connectivity index (χ4v) is 2.46. The second kappa shape index (κ2) is 5.53. The first kappa shape index (κ1) is 11.7. The highest BCUT2D eigenvalue weighted by Crippen LogP contribution is 2.21. The fourth-order valence-electron chi connectivity index (χ4n) is 2.09. The first-order chi connectivity index (χ1) is 7.79. The topological polar surface area (TPSA) is 24.9 Å². The van der Waals surface area contributed by atoms with Crippen LogP contribution in [0.25, 0.3) is 0 Å². The lowest BCUT2D eigenvalue weighted by atomic mass is 10.1. The van der Waals surface area contributed by atoms with E-state index in [9.17, 15) is 0 Å². The van der Waals surface area contributed by atoms with Crippen LogP contribution < -0.4 is 5.32 Å². The van der Waals surface area contributed by atoms with Gasteiger partial charge in [0.1, 0.15) is 5.82 Å². The summed E-state index contributed by atoms with van der Waals surface area (Å²) in [6, 6.07) is 4.31. The molecule has 0 aromatic carbocycles. The normalized spacial score (nSPS) is 15.9. The molecule has 0 spiro atoms. The zero-order valence-corrected chi connectivity index (χ0v) is 10.6. The van der Waals surface area contributed by atoms with Crippen molar-refractivity contribution in [3.8, 4) is 0 Å². The van der Waals surface area contributed by atoms with Gasteiger partial charge in [0.15, 0.2) is 0 Å². The summed E-state index contributed by atoms with van der Waals surface area (Å²) in [4.78, 5) is 4.64. The van der Waals surface area contributed by atoms with Crippen molar-refractivity contribution in [1.82, 2.24) is 4.98 Å². The summed E-state index contributed by atoms with van der Waals surface area (Å²) in [6.07, 6.45) is 4.65. The van der Waals surface area contributed by atoms with Crippen molar-refractivity contribution in [3.05, 3.63) is 23.4 Å². The molecule has 0 aliphatic heterocycles. The van der Waals surface area contributed by atoms with Crippen LogP contribution in [0.15, 0.2) is 12.1 Å². The molecule has 16 heavy (non-hydrogen) atoms. The van der Waals surface area contributed by atoms with E-state index in [4.69, 9.17) is 11.6 Å². The molecule has 1 N–H and O–H groups in total.